The van der Waals surface area contributed by atoms with Crippen molar-refractivity contribution < 1.29 is 37.6 Å². The maximum absolute atomic E-state index is 14.7. The van der Waals surface area contributed by atoms with Gasteiger partial charge in [-0.15, -0.1) is 0 Å². The molecule has 0 amide bonds. The summed E-state index contributed by atoms with van der Waals surface area (Å²) >= 11 is 1.02. The van der Waals surface area contributed by atoms with Crippen LogP contribution in [0.25, 0.3) is 0 Å². The van der Waals surface area contributed by atoms with Crippen LogP contribution in [0.4, 0.5) is 9.39 Å². The highest BCUT2D eigenvalue weighted by atomic mass is 32.1. The normalized spacial score (nSPS) is 10.4. The zero-order chi connectivity index (χ0) is 24.7. The van der Waals surface area contributed by atoms with E-state index >= 15 is 0 Å². The van der Waals surface area contributed by atoms with Gasteiger partial charge in [0.15, 0.2) is 17.1 Å². The third-order valence-electron chi connectivity index (χ3n) is 4.89. The molecule has 0 bridgehead atoms. The quantitative estimate of drug-likeness (QED) is 0.393. The summed E-state index contributed by atoms with van der Waals surface area (Å²) in [5.74, 6) is 0.474. The summed E-state index contributed by atoms with van der Waals surface area (Å²) in [7, 11) is 7.20. The number of esters is 1. The van der Waals surface area contributed by atoms with Gasteiger partial charge in [0.25, 0.3) is 0 Å². The smallest absolute Gasteiger partial charge is 0.346 e. The molecular weight excluding hydrogens is 467 g/mol. The van der Waals surface area contributed by atoms with Crippen molar-refractivity contribution in [3.63, 3.8) is 0 Å². The fraction of sp³-hybridized carbons (Fsp3) is 0.304. The van der Waals surface area contributed by atoms with E-state index in [0.717, 1.165) is 17.1 Å². The Bertz CT molecular complexity index is 1150. The number of benzene rings is 2. The first-order valence-corrected chi connectivity index (χ1v) is 10.8. The average molecular weight is 493 g/mol. The van der Waals surface area contributed by atoms with Gasteiger partial charge in [-0.05, 0) is 29.7 Å². The van der Waals surface area contributed by atoms with Gasteiger partial charge in [-0.3, -0.25) is 0 Å². The summed E-state index contributed by atoms with van der Waals surface area (Å²) < 4.78 is 50.3. The average Bonchev–Trinajstić information content (AvgIpc) is 3.28. The van der Waals surface area contributed by atoms with Gasteiger partial charge >= 0.3 is 5.97 Å². The number of halogens is 1. The van der Waals surface area contributed by atoms with E-state index in [1.54, 1.807) is 26.4 Å². The lowest BCUT2D eigenvalue weighted by Gasteiger charge is -2.12. The predicted molar refractivity (Wildman–Crippen MR) is 124 cm³/mol. The van der Waals surface area contributed by atoms with Gasteiger partial charge in [0.2, 0.25) is 5.88 Å². The minimum Gasteiger partial charge on any atom is -0.497 e. The number of aromatic nitrogens is 1. The first-order chi connectivity index (χ1) is 16.4. The van der Waals surface area contributed by atoms with Crippen LogP contribution in [-0.2, 0) is 17.9 Å². The number of methoxy groups -OCH3 is 5. The highest BCUT2D eigenvalue weighted by Crippen LogP contribution is 2.34. The third kappa shape index (κ3) is 5.42. The van der Waals surface area contributed by atoms with Gasteiger partial charge in [-0.2, -0.15) is 4.37 Å². The van der Waals surface area contributed by atoms with E-state index in [1.165, 1.54) is 33.5 Å². The second-order valence-electron chi connectivity index (χ2n) is 6.81. The Morgan fingerprint density at radius 1 is 0.941 bits per heavy atom. The van der Waals surface area contributed by atoms with E-state index < -0.39 is 11.8 Å². The molecule has 0 saturated carbocycles. The van der Waals surface area contributed by atoms with E-state index in [9.17, 15) is 9.18 Å². The second-order valence-corrected chi connectivity index (χ2v) is 7.58. The number of ether oxygens (including phenoxy) is 6. The van der Waals surface area contributed by atoms with Crippen LogP contribution in [0.15, 0.2) is 30.3 Å². The van der Waals surface area contributed by atoms with Gasteiger partial charge in [0, 0.05) is 29.8 Å². The fourth-order valence-corrected chi connectivity index (χ4v) is 3.81. The molecule has 0 radical (unpaired) electrons. The van der Waals surface area contributed by atoms with Crippen molar-refractivity contribution in [1.29, 1.82) is 0 Å². The maximum Gasteiger partial charge on any atom is 0.346 e. The molecule has 0 aliphatic carbocycles. The van der Waals surface area contributed by atoms with E-state index in [1.807, 2.05) is 6.07 Å². The zero-order valence-electron chi connectivity index (χ0n) is 19.4. The molecule has 0 aliphatic heterocycles. The monoisotopic (exact) mass is 492 g/mol. The van der Waals surface area contributed by atoms with Crippen LogP contribution < -0.4 is 29.0 Å². The van der Waals surface area contributed by atoms with Crippen molar-refractivity contribution in [2.45, 2.75) is 13.2 Å². The molecule has 0 aliphatic rings. The maximum atomic E-state index is 14.7. The van der Waals surface area contributed by atoms with E-state index in [0.29, 0.717) is 28.8 Å². The van der Waals surface area contributed by atoms with Crippen LogP contribution in [0.1, 0.15) is 21.5 Å². The molecule has 1 heterocycles. The number of hydrogen-bond acceptors (Lipinski definition) is 10. The molecule has 1 N–H and O–H groups in total. The molecule has 2 aromatic carbocycles. The van der Waals surface area contributed by atoms with Crippen molar-refractivity contribution in [2.75, 3.05) is 40.9 Å². The number of carbonyl (C=O) groups is 1. The lowest BCUT2D eigenvalue weighted by atomic mass is 10.2. The Morgan fingerprint density at radius 3 is 2.29 bits per heavy atom. The van der Waals surface area contributed by atoms with Crippen molar-refractivity contribution in [1.82, 2.24) is 4.37 Å². The number of nitrogens with zero attached hydrogens (tertiary/aromatic N) is 1. The van der Waals surface area contributed by atoms with Crippen LogP contribution in [0.2, 0.25) is 0 Å². The molecule has 3 rings (SSSR count). The highest BCUT2D eigenvalue weighted by Gasteiger charge is 2.24. The molecule has 0 atom stereocenters. The van der Waals surface area contributed by atoms with Gasteiger partial charge in [0.1, 0.15) is 28.9 Å². The Balaban J connectivity index is 1.82. The number of nitrogens with one attached hydrogen (secondary N) is 1. The van der Waals surface area contributed by atoms with E-state index in [2.05, 4.69) is 9.69 Å². The first-order valence-electron chi connectivity index (χ1n) is 10.0. The van der Waals surface area contributed by atoms with Crippen LogP contribution in [-0.4, -0.2) is 45.9 Å². The topological polar surface area (TPSA) is 97.4 Å². The standard InChI is InChI=1S/C23H25FN2O7S/c1-28-15-7-6-13(17(9-15)30-3)11-25-22-19(23(27)32-5)21(26-34-22)33-12-14-8-16(29-2)10-18(31-4)20(14)24/h6-10,25H,11-12H2,1-5H3. The molecule has 0 saturated heterocycles. The van der Waals surface area contributed by atoms with Crippen LogP contribution in [0.5, 0.6) is 28.9 Å². The van der Waals surface area contributed by atoms with Crippen molar-refractivity contribution >= 4 is 22.5 Å². The fourth-order valence-electron chi connectivity index (χ4n) is 3.10. The SMILES string of the molecule is COC(=O)c1c(OCc2cc(OC)cc(OC)c2F)nsc1NCc1ccc(OC)cc1OC. The molecule has 11 heteroatoms. The number of rotatable bonds is 11. The molecule has 34 heavy (non-hydrogen) atoms. The van der Waals surface area contributed by atoms with E-state index in [-0.39, 0.29) is 29.4 Å². The second kappa shape index (κ2) is 11.4. The van der Waals surface area contributed by atoms with E-state index in [4.69, 9.17) is 28.4 Å². The zero-order valence-corrected chi connectivity index (χ0v) is 20.2. The summed E-state index contributed by atoms with van der Waals surface area (Å²) in [6.07, 6.45) is 0. The minimum absolute atomic E-state index is 0.0141. The lowest BCUT2D eigenvalue weighted by molar-refractivity contribution is 0.0596. The Hall–Kier alpha value is -3.73. The van der Waals surface area contributed by atoms with Crippen LogP contribution in [0.3, 0.4) is 0 Å². The molecule has 182 valence electrons. The Labute approximate surface area is 200 Å². The van der Waals surface area contributed by atoms with Gasteiger partial charge in [0.05, 0.1) is 35.5 Å². The Kier molecular flexibility index (Phi) is 8.36. The van der Waals surface area contributed by atoms with Gasteiger partial charge < -0.3 is 33.7 Å². The van der Waals surface area contributed by atoms with Crippen molar-refractivity contribution in [3.8, 4) is 28.9 Å². The molecular formula is C23H25FN2O7S. The summed E-state index contributed by atoms with van der Waals surface area (Å²) in [6.45, 7) is 0.124. The summed E-state index contributed by atoms with van der Waals surface area (Å²) in [5, 5.41) is 3.60. The van der Waals surface area contributed by atoms with Crippen LogP contribution in [0, 0.1) is 5.82 Å². The molecule has 0 fully saturated rings. The van der Waals surface area contributed by atoms with Crippen molar-refractivity contribution in [3.05, 3.63) is 52.8 Å². The van der Waals surface area contributed by atoms with Gasteiger partial charge in [-0.1, -0.05) is 0 Å². The lowest BCUT2D eigenvalue weighted by Crippen LogP contribution is -2.09. The highest BCUT2D eigenvalue weighted by molar-refractivity contribution is 7.10. The molecule has 9 nitrogen and oxygen atoms in total. The molecule has 1 aromatic heterocycles. The predicted octanol–water partition coefficient (Wildman–Crippen LogP) is 4.29. The number of carbonyl (C=O) groups excluding carboxylic acids is 1. The first kappa shape index (κ1) is 24.9. The summed E-state index contributed by atoms with van der Waals surface area (Å²) in [5.41, 5.74) is 1.12. The third-order valence-corrected chi connectivity index (χ3v) is 5.68. The molecule has 0 spiro atoms. The molecule has 3 aromatic rings. The Morgan fingerprint density at radius 2 is 1.65 bits per heavy atom. The number of anilines is 1. The summed E-state index contributed by atoms with van der Waals surface area (Å²) in [4.78, 5) is 12.5. The summed E-state index contributed by atoms with van der Waals surface area (Å²) in [6, 6.07) is 8.32. The van der Waals surface area contributed by atoms with Gasteiger partial charge in [-0.25, -0.2) is 9.18 Å². The van der Waals surface area contributed by atoms with Crippen LogP contribution >= 0.6 is 11.5 Å². The largest absolute Gasteiger partial charge is 0.497 e. The minimum atomic E-state index is -0.642. The number of hydrogen-bond donors (Lipinski definition) is 1. The molecule has 0 unspecified atom stereocenters. The van der Waals surface area contributed by atoms with Crippen molar-refractivity contribution in [2.24, 2.45) is 0 Å².